The molecule has 4 nitrogen and oxygen atoms in total. The van der Waals surface area contributed by atoms with Gasteiger partial charge in [0.15, 0.2) is 0 Å². The zero-order valence-corrected chi connectivity index (χ0v) is 14.3. The molecule has 1 aliphatic carbocycles. The number of rotatable bonds is 3. The summed E-state index contributed by atoms with van der Waals surface area (Å²) in [4.78, 5) is 11.0. The summed E-state index contributed by atoms with van der Waals surface area (Å²) in [6.45, 7) is 4.13. The molecule has 2 unspecified atom stereocenters. The maximum atomic E-state index is 11.1. The van der Waals surface area contributed by atoms with Crippen LogP contribution in [0.3, 0.4) is 0 Å². The summed E-state index contributed by atoms with van der Waals surface area (Å²) in [6.07, 6.45) is 0.757. The largest absolute Gasteiger partial charge is 0.482 e. The lowest BCUT2D eigenvalue weighted by Gasteiger charge is -2.48. The first-order chi connectivity index (χ1) is 8.73. The number of benzene rings is 1. The molecule has 0 spiro atoms. The van der Waals surface area contributed by atoms with Crippen LogP contribution < -0.4 is 4.74 Å². The molecular weight excluding hydrogens is 401 g/mol. The Labute approximate surface area is 132 Å². The van der Waals surface area contributed by atoms with Crippen molar-refractivity contribution in [3.8, 4) is 5.75 Å². The molecule has 1 aromatic carbocycles. The third-order valence-corrected chi connectivity index (χ3v) is 5.86. The van der Waals surface area contributed by atoms with Gasteiger partial charge in [-0.1, -0.05) is 41.4 Å². The van der Waals surface area contributed by atoms with Gasteiger partial charge in [0.25, 0.3) is 0 Å². The molecule has 0 N–H and O–H groups in total. The molecule has 7 heteroatoms. The molecule has 19 heavy (non-hydrogen) atoms. The van der Waals surface area contributed by atoms with Gasteiger partial charge < -0.3 is 4.74 Å². The minimum atomic E-state index is -0.483. The molecule has 0 aliphatic heterocycles. The Hall–Kier alpha value is -0.330. The fourth-order valence-electron chi connectivity index (χ4n) is 1.98. The van der Waals surface area contributed by atoms with Crippen molar-refractivity contribution in [2.45, 2.75) is 31.2 Å². The number of ether oxygens (including phenoxy) is 1. The highest BCUT2D eigenvalue weighted by Crippen LogP contribution is 2.49. The predicted molar refractivity (Wildman–Crippen MR) is 81.3 cm³/mol. The van der Waals surface area contributed by atoms with Crippen molar-refractivity contribution in [2.75, 3.05) is 0 Å². The van der Waals surface area contributed by atoms with E-state index in [2.05, 4.69) is 45.7 Å². The van der Waals surface area contributed by atoms with E-state index in [1.165, 1.54) is 6.07 Å². The van der Waals surface area contributed by atoms with Crippen LogP contribution in [0, 0.1) is 15.5 Å². The molecule has 0 aromatic heterocycles. The van der Waals surface area contributed by atoms with Gasteiger partial charge in [-0.05, 0) is 28.4 Å². The van der Waals surface area contributed by atoms with E-state index in [0.29, 0.717) is 14.3 Å². The highest BCUT2D eigenvalue weighted by molar-refractivity contribution is 9.10. The van der Waals surface area contributed by atoms with Crippen LogP contribution in [0.5, 0.6) is 5.75 Å². The van der Waals surface area contributed by atoms with Gasteiger partial charge in [-0.2, -0.15) is 0 Å². The third kappa shape index (κ3) is 2.76. The molecule has 0 amide bonds. The maximum absolute atomic E-state index is 11.1. The molecule has 104 valence electrons. The second-order valence-electron chi connectivity index (χ2n) is 5.12. The van der Waals surface area contributed by atoms with E-state index in [9.17, 15) is 10.1 Å². The minimum absolute atomic E-state index is 0.0620. The topological polar surface area (TPSA) is 52.4 Å². The summed E-state index contributed by atoms with van der Waals surface area (Å²) in [5.74, 6) is 0.242. The van der Waals surface area contributed by atoms with Crippen molar-refractivity contribution in [1.82, 2.24) is 0 Å². The number of nitrogens with zero attached hydrogens (tertiary/aromatic N) is 1. The smallest absolute Gasteiger partial charge is 0.313 e. The van der Waals surface area contributed by atoms with E-state index in [1.807, 2.05) is 0 Å². The zero-order chi connectivity index (χ0) is 14.4. The first-order valence-electron chi connectivity index (χ1n) is 5.67. The molecular formula is C12H12Br2ClNO3. The van der Waals surface area contributed by atoms with Gasteiger partial charge in [0, 0.05) is 21.3 Å². The lowest BCUT2D eigenvalue weighted by atomic mass is 9.69. The number of halogens is 3. The van der Waals surface area contributed by atoms with Gasteiger partial charge in [0.1, 0.15) is 6.10 Å². The van der Waals surface area contributed by atoms with Crippen LogP contribution in [0.4, 0.5) is 5.69 Å². The summed E-state index contributed by atoms with van der Waals surface area (Å²) in [5.41, 5.74) is -0.180. The normalized spacial score (nSPS) is 24.7. The molecule has 0 heterocycles. The summed E-state index contributed by atoms with van der Waals surface area (Å²) in [5, 5.41) is 11.4. The van der Waals surface area contributed by atoms with E-state index in [0.717, 1.165) is 6.42 Å². The maximum Gasteiger partial charge on any atom is 0.313 e. The number of alkyl halides is 1. The van der Waals surface area contributed by atoms with Crippen LogP contribution >= 0.6 is 43.5 Å². The average molecular weight is 413 g/mol. The SMILES string of the molecule is CC1(C)C(Br)CC1Oc1c(Br)cc(Cl)cc1[N+](=O)[O-]. The second-order valence-corrected chi connectivity index (χ2v) is 7.52. The van der Waals surface area contributed by atoms with Crippen molar-refractivity contribution in [1.29, 1.82) is 0 Å². The van der Waals surface area contributed by atoms with Crippen LogP contribution in [0.2, 0.25) is 5.02 Å². The van der Waals surface area contributed by atoms with Crippen LogP contribution in [-0.4, -0.2) is 15.9 Å². The Kier molecular flexibility index (Phi) is 4.14. The third-order valence-electron chi connectivity index (χ3n) is 3.50. The summed E-state index contributed by atoms with van der Waals surface area (Å²) in [7, 11) is 0. The highest BCUT2D eigenvalue weighted by Gasteiger charge is 2.49. The van der Waals surface area contributed by atoms with Gasteiger partial charge in [0.05, 0.1) is 9.40 Å². The fraction of sp³-hybridized carbons (Fsp3) is 0.500. The fourth-order valence-corrected chi connectivity index (χ4v) is 3.50. The van der Waals surface area contributed by atoms with E-state index in [-0.39, 0.29) is 23.0 Å². The first-order valence-corrected chi connectivity index (χ1v) is 7.76. The van der Waals surface area contributed by atoms with Crippen molar-refractivity contribution in [3.05, 3.63) is 31.7 Å². The first kappa shape index (κ1) is 15.1. The summed E-state index contributed by atoms with van der Waals surface area (Å²) in [6, 6.07) is 2.90. The van der Waals surface area contributed by atoms with E-state index < -0.39 is 4.92 Å². The number of nitro benzene ring substituents is 1. The number of hydrogen-bond donors (Lipinski definition) is 0. The molecule has 2 rings (SSSR count). The lowest BCUT2D eigenvalue weighted by molar-refractivity contribution is -0.386. The van der Waals surface area contributed by atoms with Crippen molar-refractivity contribution in [2.24, 2.45) is 5.41 Å². The Morgan fingerprint density at radius 3 is 2.63 bits per heavy atom. The van der Waals surface area contributed by atoms with Crippen LogP contribution in [0.1, 0.15) is 20.3 Å². The monoisotopic (exact) mass is 411 g/mol. The zero-order valence-electron chi connectivity index (χ0n) is 10.3. The van der Waals surface area contributed by atoms with E-state index in [4.69, 9.17) is 16.3 Å². The van der Waals surface area contributed by atoms with E-state index >= 15 is 0 Å². The molecule has 0 bridgehead atoms. The van der Waals surface area contributed by atoms with Crippen molar-refractivity contribution in [3.63, 3.8) is 0 Å². The molecule has 0 saturated heterocycles. The molecule has 1 fully saturated rings. The molecule has 0 radical (unpaired) electrons. The molecule has 1 aliphatic rings. The summed E-state index contributed by atoms with van der Waals surface area (Å²) >= 11 is 12.7. The molecule has 1 saturated carbocycles. The standard InChI is InChI=1S/C12H12Br2ClNO3/c1-12(2)9(14)5-10(12)19-11-7(13)3-6(15)4-8(11)16(17)18/h3-4,9-10H,5H2,1-2H3. The quantitative estimate of drug-likeness (QED) is 0.400. The summed E-state index contributed by atoms with van der Waals surface area (Å²) < 4.78 is 6.34. The van der Waals surface area contributed by atoms with Gasteiger partial charge in [-0.25, -0.2) is 0 Å². The highest BCUT2D eigenvalue weighted by atomic mass is 79.9. The van der Waals surface area contributed by atoms with Crippen LogP contribution in [0.25, 0.3) is 0 Å². The van der Waals surface area contributed by atoms with Crippen LogP contribution in [-0.2, 0) is 0 Å². The molecule has 2 atom stereocenters. The number of nitro groups is 1. The lowest BCUT2D eigenvalue weighted by Crippen LogP contribution is -2.53. The van der Waals surface area contributed by atoms with E-state index in [1.54, 1.807) is 6.07 Å². The Bertz CT molecular complexity index is 536. The van der Waals surface area contributed by atoms with Crippen LogP contribution in [0.15, 0.2) is 16.6 Å². The Morgan fingerprint density at radius 2 is 2.16 bits per heavy atom. The predicted octanol–water partition coefficient (Wildman–Crippen LogP) is 4.95. The molecule has 1 aromatic rings. The Balaban J connectivity index is 2.33. The van der Waals surface area contributed by atoms with Gasteiger partial charge in [-0.15, -0.1) is 0 Å². The Morgan fingerprint density at radius 1 is 1.53 bits per heavy atom. The number of hydrogen-bond acceptors (Lipinski definition) is 3. The minimum Gasteiger partial charge on any atom is -0.482 e. The van der Waals surface area contributed by atoms with Gasteiger partial charge in [-0.3, -0.25) is 10.1 Å². The second kappa shape index (κ2) is 5.22. The van der Waals surface area contributed by atoms with Gasteiger partial charge >= 0.3 is 5.69 Å². The van der Waals surface area contributed by atoms with Crippen molar-refractivity contribution >= 4 is 49.1 Å². The van der Waals surface area contributed by atoms with Gasteiger partial charge in [0.2, 0.25) is 5.75 Å². The average Bonchev–Trinajstić information content (AvgIpc) is 2.30. The van der Waals surface area contributed by atoms with Crippen molar-refractivity contribution < 1.29 is 9.66 Å².